The third-order valence-electron chi connectivity index (χ3n) is 2.34. The molecule has 1 rings (SSSR count). The van der Waals surface area contributed by atoms with Crippen LogP contribution < -0.4 is 5.32 Å². The summed E-state index contributed by atoms with van der Waals surface area (Å²) in [7, 11) is -3.29. The van der Waals surface area contributed by atoms with E-state index < -0.39 is 21.9 Å². The first kappa shape index (κ1) is 16.5. The molecule has 1 aromatic carbocycles. The lowest BCUT2D eigenvalue weighted by atomic mass is 10.2. The first-order valence-electron chi connectivity index (χ1n) is 5.81. The van der Waals surface area contributed by atoms with Gasteiger partial charge >= 0.3 is 12.1 Å². The molecule has 1 amide bonds. The summed E-state index contributed by atoms with van der Waals surface area (Å²) in [6.07, 6.45) is -4.52. The zero-order valence-electron chi connectivity index (χ0n) is 10.7. The van der Waals surface area contributed by atoms with Crippen molar-refractivity contribution in [2.24, 2.45) is 0 Å². The molecular weight excluding hydrogens is 295 g/mol. The molecule has 1 N–H and O–H groups in total. The minimum atomic E-state index is -4.98. The van der Waals surface area contributed by atoms with Crippen LogP contribution in [0.3, 0.4) is 0 Å². The number of carbonyl (C=O) groups is 1. The molecule has 0 aliphatic rings. The maximum atomic E-state index is 12.1. The minimum absolute atomic E-state index is 0.00609. The van der Waals surface area contributed by atoms with Gasteiger partial charge in [-0.1, -0.05) is 19.1 Å². The van der Waals surface area contributed by atoms with Crippen molar-refractivity contribution in [3.8, 4) is 0 Å². The molecule has 0 saturated carbocycles. The Balaban J connectivity index is 2.84. The molecule has 112 valence electrons. The van der Waals surface area contributed by atoms with E-state index in [1.54, 1.807) is 12.2 Å². The third-order valence-corrected chi connectivity index (χ3v) is 4.15. The van der Waals surface area contributed by atoms with Crippen molar-refractivity contribution in [2.45, 2.75) is 25.3 Å². The van der Waals surface area contributed by atoms with E-state index in [9.17, 15) is 26.4 Å². The molecule has 0 aliphatic carbocycles. The van der Waals surface area contributed by atoms with Crippen LogP contribution in [0.4, 0.5) is 18.9 Å². The van der Waals surface area contributed by atoms with Gasteiger partial charge in [0.15, 0.2) is 9.84 Å². The molecule has 8 heteroatoms. The molecule has 0 spiro atoms. The number of nitrogens with one attached hydrogen (secondary N) is 1. The topological polar surface area (TPSA) is 63.2 Å². The second-order valence-corrected chi connectivity index (χ2v) is 6.43. The summed E-state index contributed by atoms with van der Waals surface area (Å²) in [5, 5.41) is 1.68. The Hall–Kier alpha value is -1.57. The van der Waals surface area contributed by atoms with Crippen LogP contribution in [0.5, 0.6) is 0 Å². The summed E-state index contributed by atoms with van der Waals surface area (Å²) in [5.74, 6) is -2.35. The zero-order valence-corrected chi connectivity index (χ0v) is 11.5. The Morgan fingerprint density at radius 3 is 2.50 bits per heavy atom. The molecule has 0 fully saturated rings. The van der Waals surface area contributed by atoms with E-state index in [1.165, 1.54) is 24.3 Å². The number of sulfone groups is 1. The Morgan fingerprint density at radius 1 is 1.30 bits per heavy atom. The Morgan fingerprint density at radius 2 is 1.95 bits per heavy atom. The lowest BCUT2D eigenvalue weighted by Crippen LogP contribution is -2.29. The molecule has 0 aromatic heterocycles. The Kier molecular flexibility index (Phi) is 5.15. The van der Waals surface area contributed by atoms with Crippen LogP contribution >= 0.6 is 0 Å². The summed E-state index contributed by atoms with van der Waals surface area (Å²) in [6, 6.07) is 5.36. The first-order valence-corrected chi connectivity index (χ1v) is 7.64. The van der Waals surface area contributed by atoms with Crippen molar-refractivity contribution in [3.05, 3.63) is 29.8 Å². The third kappa shape index (κ3) is 5.20. The van der Waals surface area contributed by atoms with Gasteiger partial charge in [-0.3, -0.25) is 4.79 Å². The minimum Gasteiger partial charge on any atom is -0.318 e. The SMILES string of the molecule is CCCS(=O)(=O)Cc1cccc(NC(=O)C(F)(F)F)c1. The summed E-state index contributed by atoms with van der Waals surface area (Å²) in [6.45, 7) is 1.72. The van der Waals surface area contributed by atoms with E-state index in [0.717, 1.165) is 0 Å². The van der Waals surface area contributed by atoms with Crippen molar-refractivity contribution in [3.63, 3.8) is 0 Å². The van der Waals surface area contributed by atoms with Gasteiger partial charge in [-0.2, -0.15) is 13.2 Å². The number of halogens is 3. The normalized spacial score (nSPS) is 12.2. The fourth-order valence-electron chi connectivity index (χ4n) is 1.58. The fraction of sp³-hybridized carbons (Fsp3) is 0.417. The van der Waals surface area contributed by atoms with Crippen molar-refractivity contribution in [1.82, 2.24) is 0 Å². The van der Waals surface area contributed by atoms with Gasteiger partial charge in [-0.25, -0.2) is 8.42 Å². The molecule has 0 saturated heterocycles. The number of anilines is 1. The lowest BCUT2D eigenvalue weighted by Gasteiger charge is -2.09. The van der Waals surface area contributed by atoms with E-state index in [1.807, 2.05) is 0 Å². The number of amides is 1. The molecule has 0 radical (unpaired) electrons. The highest BCUT2D eigenvalue weighted by Crippen LogP contribution is 2.19. The van der Waals surface area contributed by atoms with Gasteiger partial charge in [0, 0.05) is 5.69 Å². The van der Waals surface area contributed by atoms with Gasteiger partial charge in [0.1, 0.15) is 0 Å². The van der Waals surface area contributed by atoms with Crippen LogP contribution in [-0.2, 0) is 20.4 Å². The average Bonchev–Trinajstić information content (AvgIpc) is 2.27. The molecule has 1 aromatic rings. The Labute approximate surface area is 114 Å². The highest BCUT2D eigenvalue weighted by Gasteiger charge is 2.38. The molecule has 0 unspecified atom stereocenters. The number of carbonyl (C=O) groups excluding carboxylic acids is 1. The summed E-state index contributed by atoms with van der Waals surface area (Å²) in [4.78, 5) is 10.8. The van der Waals surface area contributed by atoms with Gasteiger partial charge in [0.25, 0.3) is 0 Å². The van der Waals surface area contributed by atoms with E-state index >= 15 is 0 Å². The second kappa shape index (κ2) is 6.25. The number of hydrogen-bond acceptors (Lipinski definition) is 3. The van der Waals surface area contributed by atoms with E-state index in [-0.39, 0.29) is 17.2 Å². The quantitative estimate of drug-likeness (QED) is 0.909. The molecule has 0 aliphatic heterocycles. The van der Waals surface area contributed by atoms with Gasteiger partial charge in [0.05, 0.1) is 11.5 Å². The summed E-state index contributed by atoms with van der Waals surface area (Å²) < 4.78 is 59.5. The van der Waals surface area contributed by atoms with Crippen LogP contribution in [0.1, 0.15) is 18.9 Å². The van der Waals surface area contributed by atoms with Crippen LogP contribution in [0, 0.1) is 0 Å². The highest BCUT2D eigenvalue weighted by atomic mass is 32.2. The number of rotatable bonds is 5. The van der Waals surface area contributed by atoms with Gasteiger partial charge in [0.2, 0.25) is 0 Å². The largest absolute Gasteiger partial charge is 0.471 e. The zero-order chi connectivity index (χ0) is 15.4. The van der Waals surface area contributed by atoms with Crippen molar-refractivity contribution in [2.75, 3.05) is 11.1 Å². The molecule has 0 bridgehead atoms. The van der Waals surface area contributed by atoms with Gasteiger partial charge in [-0.05, 0) is 24.1 Å². The summed E-state index contributed by atoms with van der Waals surface area (Å²) >= 11 is 0. The second-order valence-electron chi connectivity index (χ2n) is 4.24. The molecule has 0 atom stereocenters. The Bertz CT molecular complexity index is 582. The smallest absolute Gasteiger partial charge is 0.318 e. The van der Waals surface area contributed by atoms with E-state index in [2.05, 4.69) is 0 Å². The van der Waals surface area contributed by atoms with E-state index in [4.69, 9.17) is 0 Å². The standard InChI is InChI=1S/C12H14F3NO3S/c1-2-6-20(18,19)8-9-4-3-5-10(7-9)16-11(17)12(13,14)15/h3-5,7H,2,6,8H2,1H3,(H,16,17). The van der Waals surface area contributed by atoms with Crippen LogP contribution in [0.2, 0.25) is 0 Å². The maximum Gasteiger partial charge on any atom is 0.471 e. The van der Waals surface area contributed by atoms with Crippen LogP contribution in [0.25, 0.3) is 0 Å². The molecule has 20 heavy (non-hydrogen) atoms. The summed E-state index contributed by atoms with van der Waals surface area (Å²) in [5.41, 5.74) is 0.245. The van der Waals surface area contributed by atoms with Crippen LogP contribution in [-0.4, -0.2) is 26.3 Å². The predicted octanol–water partition coefficient (Wildman–Crippen LogP) is 2.51. The molecule has 4 nitrogen and oxygen atoms in total. The van der Waals surface area contributed by atoms with Crippen molar-refractivity contribution >= 4 is 21.4 Å². The van der Waals surface area contributed by atoms with Gasteiger partial charge in [-0.15, -0.1) is 0 Å². The predicted molar refractivity (Wildman–Crippen MR) is 68.9 cm³/mol. The van der Waals surface area contributed by atoms with Gasteiger partial charge < -0.3 is 5.32 Å². The number of benzene rings is 1. The van der Waals surface area contributed by atoms with Crippen molar-refractivity contribution < 1.29 is 26.4 Å². The lowest BCUT2D eigenvalue weighted by molar-refractivity contribution is -0.167. The van der Waals surface area contributed by atoms with Crippen molar-refractivity contribution in [1.29, 1.82) is 0 Å². The average molecular weight is 309 g/mol. The molecular formula is C12H14F3NO3S. The van der Waals surface area contributed by atoms with Crippen LogP contribution in [0.15, 0.2) is 24.3 Å². The first-order chi connectivity index (χ1) is 9.14. The van der Waals surface area contributed by atoms with E-state index in [0.29, 0.717) is 12.0 Å². The fourth-order valence-corrected chi connectivity index (χ4v) is 3.03. The monoisotopic (exact) mass is 309 g/mol. The maximum absolute atomic E-state index is 12.1. The number of hydrogen-bond donors (Lipinski definition) is 1. The highest BCUT2D eigenvalue weighted by molar-refractivity contribution is 7.90. The number of alkyl halides is 3. The molecule has 0 heterocycles.